The van der Waals surface area contributed by atoms with Crippen molar-refractivity contribution in [1.82, 2.24) is 15.0 Å². The molecule has 19 heavy (non-hydrogen) atoms. The van der Waals surface area contributed by atoms with Crippen LogP contribution in [0.2, 0.25) is 0 Å². The van der Waals surface area contributed by atoms with Crippen molar-refractivity contribution in [2.45, 2.75) is 11.8 Å². The van der Waals surface area contributed by atoms with E-state index in [1.807, 2.05) is 19.2 Å². The van der Waals surface area contributed by atoms with Gasteiger partial charge < -0.3 is 10.3 Å². The summed E-state index contributed by atoms with van der Waals surface area (Å²) in [5, 5.41) is 3.33. The molecule has 4 nitrogen and oxygen atoms in total. The van der Waals surface area contributed by atoms with Gasteiger partial charge in [0.25, 0.3) is 0 Å². The van der Waals surface area contributed by atoms with E-state index in [1.165, 1.54) is 4.90 Å². The maximum atomic E-state index is 4.45. The van der Waals surface area contributed by atoms with E-state index in [0.29, 0.717) is 0 Å². The summed E-state index contributed by atoms with van der Waals surface area (Å²) < 4.78 is 0. The monoisotopic (exact) mass is 270 g/mol. The van der Waals surface area contributed by atoms with E-state index in [0.717, 1.165) is 28.4 Å². The summed E-state index contributed by atoms with van der Waals surface area (Å²) in [4.78, 5) is 13.2. The smallest absolute Gasteiger partial charge is 0.158 e. The number of nitrogens with zero attached hydrogens (tertiary/aromatic N) is 2. The third kappa shape index (κ3) is 2.42. The number of thioether (sulfide) groups is 1. The molecule has 3 aromatic rings. The predicted octanol–water partition coefficient (Wildman–Crippen LogP) is 3.73. The first kappa shape index (κ1) is 12.0. The van der Waals surface area contributed by atoms with Crippen LogP contribution in [0.4, 0.5) is 11.5 Å². The van der Waals surface area contributed by atoms with Crippen LogP contribution in [0.15, 0.2) is 41.4 Å². The molecule has 0 bridgehead atoms. The first-order chi connectivity index (χ1) is 9.26. The fourth-order valence-electron chi connectivity index (χ4n) is 1.96. The minimum atomic E-state index is 0.760. The summed E-state index contributed by atoms with van der Waals surface area (Å²) in [6.07, 6.45) is 3.94. The van der Waals surface area contributed by atoms with Crippen molar-refractivity contribution in [3.63, 3.8) is 0 Å². The molecule has 0 aliphatic carbocycles. The number of aromatic nitrogens is 3. The number of aromatic amines is 1. The molecule has 5 heteroatoms. The van der Waals surface area contributed by atoms with Crippen molar-refractivity contribution in [3.8, 4) is 0 Å². The van der Waals surface area contributed by atoms with Gasteiger partial charge in [-0.25, -0.2) is 9.97 Å². The number of fused-ring (bicyclic) bond motifs is 1. The summed E-state index contributed by atoms with van der Waals surface area (Å²) >= 11 is 1.73. The first-order valence-electron chi connectivity index (χ1n) is 5.99. The maximum Gasteiger partial charge on any atom is 0.158 e. The van der Waals surface area contributed by atoms with E-state index in [1.54, 1.807) is 11.8 Å². The SMILES string of the molecule is CSc1ccc(Nc2nc(C)nc3cc[nH]c23)cc1. The molecule has 0 fully saturated rings. The quantitative estimate of drug-likeness (QED) is 0.712. The first-order valence-corrected chi connectivity index (χ1v) is 7.21. The molecular weight excluding hydrogens is 256 g/mol. The molecule has 3 rings (SSSR count). The molecule has 2 heterocycles. The highest BCUT2D eigenvalue weighted by Gasteiger charge is 2.06. The van der Waals surface area contributed by atoms with Gasteiger partial charge in [0.15, 0.2) is 5.82 Å². The number of anilines is 2. The van der Waals surface area contributed by atoms with Crippen LogP contribution in [-0.2, 0) is 0 Å². The van der Waals surface area contributed by atoms with Crippen LogP contribution in [0.3, 0.4) is 0 Å². The average molecular weight is 270 g/mol. The Balaban J connectivity index is 1.97. The van der Waals surface area contributed by atoms with Crippen molar-refractivity contribution in [1.29, 1.82) is 0 Å². The Hall–Kier alpha value is -2.01. The van der Waals surface area contributed by atoms with Gasteiger partial charge in [0.2, 0.25) is 0 Å². The Kier molecular flexibility index (Phi) is 3.13. The minimum absolute atomic E-state index is 0.760. The summed E-state index contributed by atoms with van der Waals surface area (Å²) in [5.41, 5.74) is 2.88. The van der Waals surface area contributed by atoms with Crippen LogP contribution in [0.1, 0.15) is 5.82 Å². The van der Waals surface area contributed by atoms with E-state index < -0.39 is 0 Å². The summed E-state index contributed by atoms with van der Waals surface area (Å²) in [7, 11) is 0. The fraction of sp³-hybridized carbons (Fsp3) is 0.143. The lowest BCUT2D eigenvalue weighted by Crippen LogP contribution is -1.98. The largest absolute Gasteiger partial charge is 0.357 e. The van der Waals surface area contributed by atoms with Gasteiger partial charge in [0, 0.05) is 16.8 Å². The summed E-state index contributed by atoms with van der Waals surface area (Å²) in [6.45, 7) is 1.90. The van der Waals surface area contributed by atoms with Gasteiger partial charge in [-0.15, -0.1) is 11.8 Å². The van der Waals surface area contributed by atoms with Crippen molar-refractivity contribution in [2.75, 3.05) is 11.6 Å². The molecule has 0 aliphatic rings. The zero-order valence-electron chi connectivity index (χ0n) is 10.8. The van der Waals surface area contributed by atoms with Gasteiger partial charge >= 0.3 is 0 Å². The number of H-pyrrole nitrogens is 1. The predicted molar refractivity (Wildman–Crippen MR) is 80.1 cm³/mol. The second-order valence-electron chi connectivity index (χ2n) is 4.21. The van der Waals surface area contributed by atoms with E-state index in [9.17, 15) is 0 Å². The van der Waals surface area contributed by atoms with E-state index in [-0.39, 0.29) is 0 Å². The average Bonchev–Trinajstić information content (AvgIpc) is 2.88. The highest BCUT2D eigenvalue weighted by molar-refractivity contribution is 7.98. The van der Waals surface area contributed by atoms with Gasteiger partial charge in [0.05, 0.1) is 5.52 Å². The number of hydrogen-bond donors (Lipinski definition) is 2. The van der Waals surface area contributed by atoms with Gasteiger partial charge in [-0.3, -0.25) is 0 Å². The van der Waals surface area contributed by atoms with Crippen LogP contribution < -0.4 is 5.32 Å². The second kappa shape index (κ2) is 4.93. The van der Waals surface area contributed by atoms with Crippen molar-refractivity contribution in [2.24, 2.45) is 0 Å². The molecule has 2 aromatic heterocycles. The molecule has 0 saturated carbocycles. The van der Waals surface area contributed by atoms with E-state index in [2.05, 4.69) is 50.8 Å². The standard InChI is InChI=1S/C14H14N4S/c1-9-16-12-7-8-15-13(12)14(17-9)18-10-3-5-11(19-2)6-4-10/h3-8,15H,1-2H3,(H,16,17,18). The minimum Gasteiger partial charge on any atom is -0.357 e. The highest BCUT2D eigenvalue weighted by atomic mass is 32.2. The molecule has 0 saturated heterocycles. The lowest BCUT2D eigenvalue weighted by atomic mass is 10.3. The Labute approximate surface area is 115 Å². The van der Waals surface area contributed by atoms with Crippen LogP contribution >= 0.6 is 11.8 Å². The van der Waals surface area contributed by atoms with Crippen LogP contribution in [0.25, 0.3) is 11.0 Å². The maximum absolute atomic E-state index is 4.45. The lowest BCUT2D eigenvalue weighted by Gasteiger charge is -2.08. The fourth-order valence-corrected chi connectivity index (χ4v) is 2.37. The topological polar surface area (TPSA) is 53.6 Å². The zero-order valence-corrected chi connectivity index (χ0v) is 11.6. The molecule has 2 N–H and O–H groups in total. The van der Waals surface area contributed by atoms with Crippen molar-refractivity contribution in [3.05, 3.63) is 42.4 Å². The number of benzene rings is 1. The Bertz CT molecular complexity index is 703. The number of hydrogen-bond acceptors (Lipinski definition) is 4. The highest BCUT2D eigenvalue weighted by Crippen LogP contribution is 2.24. The molecule has 0 radical (unpaired) electrons. The van der Waals surface area contributed by atoms with E-state index in [4.69, 9.17) is 0 Å². The zero-order chi connectivity index (χ0) is 13.2. The lowest BCUT2D eigenvalue weighted by molar-refractivity contribution is 1.09. The van der Waals surface area contributed by atoms with E-state index >= 15 is 0 Å². The van der Waals surface area contributed by atoms with Crippen LogP contribution in [0, 0.1) is 6.92 Å². The van der Waals surface area contributed by atoms with Crippen LogP contribution in [0.5, 0.6) is 0 Å². The molecule has 0 spiro atoms. The number of nitrogens with one attached hydrogen (secondary N) is 2. The van der Waals surface area contributed by atoms with Crippen LogP contribution in [-0.4, -0.2) is 21.2 Å². The Morgan fingerprint density at radius 2 is 1.89 bits per heavy atom. The molecule has 1 aromatic carbocycles. The van der Waals surface area contributed by atoms with Crippen molar-refractivity contribution < 1.29 is 0 Å². The Morgan fingerprint density at radius 3 is 2.63 bits per heavy atom. The van der Waals surface area contributed by atoms with Gasteiger partial charge in [-0.1, -0.05) is 0 Å². The third-order valence-corrected chi connectivity index (χ3v) is 3.61. The molecule has 0 unspecified atom stereocenters. The normalized spacial score (nSPS) is 10.8. The van der Waals surface area contributed by atoms with Gasteiger partial charge in [0.1, 0.15) is 11.3 Å². The summed E-state index contributed by atoms with van der Waals surface area (Å²) in [6, 6.07) is 10.2. The third-order valence-electron chi connectivity index (χ3n) is 2.87. The second-order valence-corrected chi connectivity index (χ2v) is 5.09. The number of aryl methyl sites for hydroxylation is 1. The van der Waals surface area contributed by atoms with Gasteiger partial charge in [-0.2, -0.15) is 0 Å². The molecule has 0 aliphatic heterocycles. The molecular formula is C14H14N4S. The number of rotatable bonds is 3. The summed E-state index contributed by atoms with van der Waals surface area (Å²) in [5.74, 6) is 1.57. The molecule has 96 valence electrons. The van der Waals surface area contributed by atoms with Gasteiger partial charge in [-0.05, 0) is 43.5 Å². The molecule has 0 amide bonds. The Morgan fingerprint density at radius 1 is 1.11 bits per heavy atom. The van der Waals surface area contributed by atoms with Crippen molar-refractivity contribution >= 4 is 34.3 Å². The molecule has 0 atom stereocenters.